The van der Waals surface area contributed by atoms with Gasteiger partial charge >= 0.3 is 5.97 Å². The van der Waals surface area contributed by atoms with E-state index >= 15 is 0 Å². The summed E-state index contributed by atoms with van der Waals surface area (Å²) in [7, 11) is 0. The molecule has 5 aliphatic rings. The van der Waals surface area contributed by atoms with Crippen LogP contribution in [-0.2, 0) is 9.53 Å². The van der Waals surface area contributed by atoms with Crippen molar-refractivity contribution in [1.29, 1.82) is 0 Å². The molecule has 0 N–H and O–H groups in total. The Kier molecular flexibility index (Phi) is 3.43. The first-order valence-electron chi connectivity index (χ1n) is 10.8. The van der Waals surface area contributed by atoms with E-state index in [4.69, 9.17) is 4.74 Å². The fourth-order valence-corrected chi connectivity index (χ4v) is 8.36. The first-order chi connectivity index (χ1) is 11.5. The topological polar surface area (TPSA) is 26.3 Å². The molecule has 5 rings (SSSR count). The van der Waals surface area contributed by atoms with E-state index in [0.29, 0.717) is 23.7 Å². The third kappa shape index (κ3) is 1.86. The van der Waals surface area contributed by atoms with Crippen LogP contribution in [0.15, 0.2) is 0 Å². The average Bonchev–Trinajstić information content (AvgIpc) is 3.31. The number of carbonyl (C=O) groups excluding carboxylic acids is 1. The number of rotatable bonds is 3. The van der Waals surface area contributed by atoms with Gasteiger partial charge < -0.3 is 4.74 Å². The second-order valence-electron chi connectivity index (χ2n) is 10.1. The van der Waals surface area contributed by atoms with Crippen molar-refractivity contribution < 1.29 is 9.53 Å². The molecule has 0 aromatic heterocycles. The van der Waals surface area contributed by atoms with Gasteiger partial charge in [0.2, 0.25) is 0 Å². The number of carbonyl (C=O) groups is 1. The molecular weight excluding hydrogens is 296 g/mol. The van der Waals surface area contributed by atoms with Gasteiger partial charge in [0.15, 0.2) is 0 Å². The molecule has 5 fully saturated rings. The maximum absolute atomic E-state index is 13.2. The summed E-state index contributed by atoms with van der Waals surface area (Å²) in [5.74, 6) is 6.47. The van der Waals surface area contributed by atoms with Crippen LogP contribution in [0.25, 0.3) is 0 Å². The van der Waals surface area contributed by atoms with E-state index < -0.39 is 0 Å². The normalized spacial score (nSPS) is 57.5. The van der Waals surface area contributed by atoms with Crippen LogP contribution in [0.4, 0.5) is 0 Å². The molecule has 0 heterocycles. The lowest BCUT2D eigenvalue weighted by molar-refractivity contribution is -0.187. The highest BCUT2D eigenvalue weighted by atomic mass is 16.6. The van der Waals surface area contributed by atoms with E-state index in [-0.39, 0.29) is 17.5 Å². The Hall–Kier alpha value is -0.530. The molecule has 134 valence electrons. The highest BCUT2D eigenvalue weighted by Gasteiger charge is 2.64. The lowest BCUT2D eigenvalue weighted by Crippen LogP contribution is -2.51. The first-order valence-corrected chi connectivity index (χ1v) is 10.8. The third-order valence-electron chi connectivity index (χ3n) is 9.72. The Bertz CT molecular complexity index is 538. The van der Waals surface area contributed by atoms with Gasteiger partial charge in [0.05, 0.1) is 5.92 Å². The molecule has 5 aliphatic carbocycles. The van der Waals surface area contributed by atoms with Gasteiger partial charge in [-0.2, -0.15) is 0 Å². The van der Waals surface area contributed by atoms with Gasteiger partial charge in [-0.1, -0.05) is 33.6 Å². The van der Waals surface area contributed by atoms with Gasteiger partial charge in [-0.3, -0.25) is 4.79 Å². The summed E-state index contributed by atoms with van der Waals surface area (Å²) in [6.07, 6.45) is 10.2. The third-order valence-corrected chi connectivity index (χ3v) is 9.72. The minimum Gasteiger partial charge on any atom is -0.458 e. The minimum absolute atomic E-state index is 0.0879. The van der Waals surface area contributed by atoms with Gasteiger partial charge in [-0.05, 0) is 80.0 Å². The molecule has 10 atom stereocenters. The fourth-order valence-electron chi connectivity index (χ4n) is 8.36. The summed E-state index contributed by atoms with van der Waals surface area (Å²) < 4.78 is 6.55. The van der Waals surface area contributed by atoms with E-state index in [9.17, 15) is 4.79 Å². The molecule has 0 aromatic rings. The van der Waals surface area contributed by atoms with Gasteiger partial charge in [0.25, 0.3) is 0 Å². The highest BCUT2D eigenvalue weighted by Crippen LogP contribution is 2.65. The maximum Gasteiger partial charge on any atom is 0.309 e. The predicted molar refractivity (Wildman–Crippen MR) is 94.2 cm³/mol. The van der Waals surface area contributed by atoms with Gasteiger partial charge in [0, 0.05) is 5.92 Å². The molecule has 2 nitrogen and oxygen atoms in total. The van der Waals surface area contributed by atoms with Crippen LogP contribution < -0.4 is 0 Å². The van der Waals surface area contributed by atoms with E-state index in [1.165, 1.54) is 38.5 Å². The highest BCUT2D eigenvalue weighted by molar-refractivity contribution is 5.74. The van der Waals surface area contributed by atoms with Crippen LogP contribution in [0.1, 0.15) is 72.1 Å². The molecule has 0 amide bonds. The maximum atomic E-state index is 13.2. The second-order valence-corrected chi connectivity index (χ2v) is 10.1. The van der Waals surface area contributed by atoms with Crippen LogP contribution in [0, 0.1) is 53.3 Å². The lowest BCUT2D eigenvalue weighted by Gasteiger charge is -2.48. The van der Waals surface area contributed by atoms with Gasteiger partial charge in [0.1, 0.15) is 5.60 Å². The smallest absolute Gasteiger partial charge is 0.309 e. The molecule has 0 aromatic carbocycles. The first kappa shape index (κ1) is 15.7. The Labute approximate surface area is 147 Å². The van der Waals surface area contributed by atoms with Gasteiger partial charge in [-0.25, -0.2) is 0 Å². The second kappa shape index (κ2) is 5.24. The molecule has 0 saturated heterocycles. The number of esters is 1. The zero-order chi connectivity index (χ0) is 16.6. The molecule has 0 radical (unpaired) electrons. The Morgan fingerprint density at radius 2 is 1.83 bits per heavy atom. The quantitative estimate of drug-likeness (QED) is 0.676. The van der Waals surface area contributed by atoms with Crippen molar-refractivity contribution in [3.05, 3.63) is 0 Å². The molecule has 0 aliphatic heterocycles. The average molecular weight is 331 g/mol. The van der Waals surface area contributed by atoms with E-state index in [0.717, 1.165) is 36.5 Å². The summed E-state index contributed by atoms with van der Waals surface area (Å²) in [5, 5.41) is 0. The molecule has 24 heavy (non-hydrogen) atoms. The van der Waals surface area contributed by atoms with Crippen molar-refractivity contribution in [2.45, 2.75) is 77.7 Å². The fraction of sp³-hybridized carbons (Fsp3) is 0.955. The molecule has 10 unspecified atom stereocenters. The molecule has 4 bridgehead atoms. The summed E-state index contributed by atoms with van der Waals surface area (Å²) in [5.41, 5.74) is -0.0879. The van der Waals surface area contributed by atoms with Crippen molar-refractivity contribution in [3.8, 4) is 0 Å². The molecule has 5 saturated carbocycles. The standard InChI is InChI=1S/C22H34O2/c1-4-22(16-8-14-6-5-7-20(22)18(14)11-16)24-21(23)19-10-15-9-17(19)13(3)12(15)2/h12-20H,4-11H2,1-3H3. The van der Waals surface area contributed by atoms with Crippen molar-refractivity contribution in [2.75, 3.05) is 0 Å². The van der Waals surface area contributed by atoms with Crippen molar-refractivity contribution in [1.82, 2.24) is 0 Å². The Morgan fingerprint density at radius 1 is 1.00 bits per heavy atom. The molecule has 2 heteroatoms. The zero-order valence-corrected chi connectivity index (χ0v) is 15.7. The van der Waals surface area contributed by atoms with Crippen molar-refractivity contribution in [2.24, 2.45) is 53.3 Å². The minimum atomic E-state index is -0.0879. The summed E-state index contributed by atoms with van der Waals surface area (Å²) in [6, 6.07) is 0. The largest absolute Gasteiger partial charge is 0.458 e. The number of hydrogen-bond acceptors (Lipinski definition) is 2. The van der Waals surface area contributed by atoms with Crippen LogP contribution in [0.2, 0.25) is 0 Å². The van der Waals surface area contributed by atoms with Crippen molar-refractivity contribution in [3.63, 3.8) is 0 Å². The Balaban J connectivity index is 1.36. The Morgan fingerprint density at radius 3 is 2.54 bits per heavy atom. The monoisotopic (exact) mass is 330 g/mol. The molecule has 0 spiro atoms. The number of ether oxygens (including phenoxy) is 1. The molecular formula is C22H34O2. The SMILES string of the molecule is CCC1(OC(=O)C2CC3CC2C(C)C3C)C2CC3CCCC1C3C2. The van der Waals surface area contributed by atoms with Crippen LogP contribution in [0.3, 0.4) is 0 Å². The summed E-state index contributed by atoms with van der Waals surface area (Å²) in [4.78, 5) is 13.2. The zero-order valence-electron chi connectivity index (χ0n) is 15.7. The lowest BCUT2D eigenvalue weighted by atomic mass is 9.63. The van der Waals surface area contributed by atoms with Crippen LogP contribution in [-0.4, -0.2) is 11.6 Å². The summed E-state index contributed by atoms with van der Waals surface area (Å²) in [6.45, 7) is 7.04. The summed E-state index contributed by atoms with van der Waals surface area (Å²) >= 11 is 0. The van der Waals surface area contributed by atoms with Crippen LogP contribution in [0.5, 0.6) is 0 Å². The van der Waals surface area contributed by atoms with E-state index in [1.54, 1.807) is 0 Å². The predicted octanol–water partition coefficient (Wildman–Crippen LogP) is 5.06. The van der Waals surface area contributed by atoms with E-state index in [2.05, 4.69) is 20.8 Å². The van der Waals surface area contributed by atoms with Crippen molar-refractivity contribution >= 4 is 5.97 Å². The number of fused-ring (bicyclic) bond motifs is 3. The van der Waals surface area contributed by atoms with Crippen LogP contribution >= 0.6 is 0 Å². The number of hydrogen-bond donors (Lipinski definition) is 0. The van der Waals surface area contributed by atoms with Gasteiger partial charge in [-0.15, -0.1) is 0 Å². The van der Waals surface area contributed by atoms with E-state index in [1.807, 2.05) is 0 Å².